The van der Waals surface area contributed by atoms with Crippen molar-refractivity contribution in [1.82, 2.24) is 4.98 Å². The number of nitrogens with one attached hydrogen (secondary N) is 1. The lowest BCUT2D eigenvalue weighted by Gasteiger charge is -2.13. The number of amides is 1. The van der Waals surface area contributed by atoms with Gasteiger partial charge in [-0.3, -0.25) is 9.78 Å². The predicted octanol–water partition coefficient (Wildman–Crippen LogP) is 2.55. The zero-order valence-electron chi connectivity index (χ0n) is 14.1. The molecule has 0 saturated carbocycles. The maximum absolute atomic E-state index is 12.3. The average Bonchev–Trinajstić information content (AvgIpc) is 2.67. The van der Waals surface area contributed by atoms with Crippen molar-refractivity contribution in [2.75, 3.05) is 12.4 Å². The third kappa shape index (κ3) is 4.07. The molecule has 132 valence electrons. The molecule has 0 unspecified atom stereocenters. The summed E-state index contributed by atoms with van der Waals surface area (Å²) in [6, 6.07) is 13.4. The van der Waals surface area contributed by atoms with E-state index in [0.29, 0.717) is 28.5 Å². The van der Waals surface area contributed by atoms with Gasteiger partial charge in [-0.25, -0.2) is 0 Å². The van der Waals surface area contributed by atoms with Crippen molar-refractivity contribution in [3.05, 3.63) is 83.6 Å². The Morgan fingerprint density at radius 2 is 2.08 bits per heavy atom. The van der Waals surface area contributed by atoms with Crippen LogP contribution in [0.2, 0.25) is 0 Å². The van der Waals surface area contributed by atoms with Gasteiger partial charge in [-0.1, -0.05) is 6.07 Å². The second-order valence-electron chi connectivity index (χ2n) is 5.38. The highest BCUT2D eigenvalue weighted by molar-refractivity contribution is 6.02. The maximum Gasteiger partial charge on any atom is 0.321 e. The van der Waals surface area contributed by atoms with Crippen molar-refractivity contribution < 1.29 is 19.0 Å². The van der Waals surface area contributed by atoms with E-state index in [9.17, 15) is 10.0 Å². The zero-order chi connectivity index (χ0) is 18.4. The third-order valence-corrected chi connectivity index (χ3v) is 3.60. The molecule has 0 radical (unpaired) electrons. The van der Waals surface area contributed by atoms with Crippen LogP contribution in [0, 0.1) is 5.21 Å². The van der Waals surface area contributed by atoms with Crippen LogP contribution < -0.4 is 19.5 Å². The van der Waals surface area contributed by atoms with Gasteiger partial charge in [0.15, 0.2) is 17.7 Å². The first-order chi connectivity index (χ1) is 12.7. The highest BCUT2D eigenvalue weighted by Gasteiger charge is 2.16. The molecule has 1 amide bonds. The maximum atomic E-state index is 12.3. The van der Waals surface area contributed by atoms with Gasteiger partial charge in [0.05, 0.1) is 7.11 Å². The van der Waals surface area contributed by atoms with E-state index in [1.54, 1.807) is 42.7 Å². The molecule has 0 saturated heterocycles. The molecule has 3 rings (SSSR count). The Hall–Kier alpha value is -3.61. The molecule has 0 aliphatic rings. The monoisotopic (exact) mass is 351 g/mol. The van der Waals surface area contributed by atoms with Gasteiger partial charge >= 0.3 is 5.91 Å². The van der Waals surface area contributed by atoms with Crippen LogP contribution in [-0.2, 0) is 6.61 Å². The largest absolute Gasteiger partial charge is 0.618 e. The van der Waals surface area contributed by atoms with Gasteiger partial charge in [0.2, 0.25) is 0 Å². The van der Waals surface area contributed by atoms with Crippen LogP contribution >= 0.6 is 0 Å². The Morgan fingerprint density at radius 1 is 1.19 bits per heavy atom. The number of carbonyl (C=O) groups excluding carboxylic acids is 1. The van der Waals surface area contributed by atoms with E-state index < -0.39 is 5.91 Å². The number of methoxy groups -OCH3 is 1. The second kappa shape index (κ2) is 7.98. The molecule has 0 spiro atoms. The highest BCUT2D eigenvalue weighted by atomic mass is 16.5. The molecule has 26 heavy (non-hydrogen) atoms. The summed E-state index contributed by atoms with van der Waals surface area (Å²) in [4.78, 5) is 16.3. The minimum atomic E-state index is -0.510. The van der Waals surface area contributed by atoms with Crippen LogP contribution in [0.4, 0.5) is 5.69 Å². The molecule has 2 aromatic heterocycles. The minimum Gasteiger partial charge on any atom is -0.618 e. The number of rotatable bonds is 6. The van der Waals surface area contributed by atoms with E-state index in [1.165, 1.54) is 19.4 Å². The Morgan fingerprint density at radius 3 is 2.81 bits per heavy atom. The number of benzene rings is 1. The number of anilines is 1. The molecule has 0 bridgehead atoms. The van der Waals surface area contributed by atoms with Crippen LogP contribution in [0.1, 0.15) is 16.1 Å². The van der Waals surface area contributed by atoms with Gasteiger partial charge in [-0.15, -0.1) is 0 Å². The molecule has 1 N–H and O–H groups in total. The average molecular weight is 351 g/mol. The molecular weight excluding hydrogens is 334 g/mol. The van der Waals surface area contributed by atoms with Gasteiger partial charge in [-0.05, 0) is 24.3 Å². The summed E-state index contributed by atoms with van der Waals surface area (Å²) in [5.74, 6) is 0.492. The number of hydrogen-bond acceptors (Lipinski definition) is 5. The van der Waals surface area contributed by atoms with Crippen molar-refractivity contribution in [3.8, 4) is 11.5 Å². The summed E-state index contributed by atoms with van der Waals surface area (Å²) in [5, 5.41) is 14.4. The Labute approximate surface area is 150 Å². The summed E-state index contributed by atoms with van der Waals surface area (Å²) in [5.41, 5.74) is 1.39. The van der Waals surface area contributed by atoms with Gasteiger partial charge < -0.3 is 20.0 Å². The second-order valence-corrected chi connectivity index (χ2v) is 5.38. The Kier molecular flexibility index (Phi) is 5.28. The van der Waals surface area contributed by atoms with E-state index in [-0.39, 0.29) is 5.69 Å². The molecular formula is C19H17N3O4. The van der Waals surface area contributed by atoms with Crippen LogP contribution in [-0.4, -0.2) is 18.0 Å². The fraction of sp³-hybridized carbons (Fsp3) is 0.105. The van der Waals surface area contributed by atoms with Crippen molar-refractivity contribution in [2.45, 2.75) is 6.61 Å². The zero-order valence-corrected chi connectivity index (χ0v) is 14.1. The van der Waals surface area contributed by atoms with E-state index in [0.717, 1.165) is 5.56 Å². The van der Waals surface area contributed by atoms with Crippen LogP contribution in [0.3, 0.4) is 0 Å². The smallest absolute Gasteiger partial charge is 0.321 e. The molecule has 7 nitrogen and oxygen atoms in total. The molecule has 0 aliphatic carbocycles. The quantitative estimate of drug-likeness (QED) is 0.545. The number of pyridine rings is 2. The van der Waals surface area contributed by atoms with Gasteiger partial charge in [0.25, 0.3) is 5.69 Å². The summed E-state index contributed by atoms with van der Waals surface area (Å²) < 4.78 is 11.6. The van der Waals surface area contributed by atoms with E-state index in [2.05, 4.69) is 10.3 Å². The molecule has 1 aromatic carbocycles. The molecule has 0 fully saturated rings. The lowest BCUT2D eigenvalue weighted by Crippen LogP contribution is -2.36. The summed E-state index contributed by atoms with van der Waals surface area (Å²) in [6.45, 7) is 0.306. The van der Waals surface area contributed by atoms with Crippen molar-refractivity contribution in [3.63, 3.8) is 0 Å². The molecule has 3 aromatic rings. The fourth-order valence-corrected chi connectivity index (χ4v) is 2.31. The number of ether oxygens (including phenoxy) is 2. The van der Waals surface area contributed by atoms with Gasteiger partial charge in [0, 0.05) is 41.8 Å². The first kappa shape index (κ1) is 17.2. The number of carbonyl (C=O) groups is 1. The molecule has 7 heteroatoms. The van der Waals surface area contributed by atoms with Crippen molar-refractivity contribution >= 4 is 11.6 Å². The van der Waals surface area contributed by atoms with Crippen LogP contribution in [0.25, 0.3) is 0 Å². The van der Waals surface area contributed by atoms with E-state index >= 15 is 0 Å². The number of hydrogen-bond donors (Lipinski definition) is 1. The number of aromatic nitrogens is 2. The topological polar surface area (TPSA) is 87.4 Å². The fourth-order valence-electron chi connectivity index (χ4n) is 2.31. The van der Waals surface area contributed by atoms with Crippen LogP contribution in [0.5, 0.6) is 11.5 Å². The summed E-state index contributed by atoms with van der Waals surface area (Å²) in [6.07, 6.45) is 4.66. The lowest BCUT2D eigenvalue weighted by molar-refractivity contribution is -0.607. The standard InChI is InChI=1S/C19H17N3O4/c1-25-17-8-7-15(21-19(23)16-6-2-3-10-22(16)24)11-18(17)26-13-14-5-4-9-20-12-14/h2-12H,13H2,1H3,(H,21,23). The Bertz CT molecular complexity index is 900. The van der Waals surface area contributed by atoms with Gasteiger partial charge in [-0.2, -0.15) is 4.73 Å². The Balaban J connectivity index is 1.76. The van der Waals surface area contributed by atoms with E-state index in [1.807, 2.05) is 12.1 Å². The lowest BCUT2D eigenvalue weighted by atomic mass is 10.2. The molecule has 0 atom stereocenters. The first-order valence-corrected chi connectivity index (χ1v) is 7.86. The molecule has 0 aliphatic heterocycles. The van der Waals surface area contributed by atoms with Crippen molar-refractivity contribution in [2.24, 2.45) is 0 Å². The van der Waals surface area contributed by atoms with Crippen LogP contribution in [0.15, 0.2) is 67.1 Å². The third-order valence-electron chi connectivity index (χ3n) is 3.60. The summed E-state index contributed by atoms with van der Waals surface area (Å²) in [7, 11) is 1.54. The highest BCUT2D eigenvalue weighted by Crippen LogP contribution is 2.31. The number of nitrogens with zero attached hydrogens (tertiary/aromatic N) is 2. The summed E-state index contributed by atoms with van der Waals surface area (Å²) >= 11 is 0. The molecule has 2 heterocycles. The minimum absolute atomic E-state index is 0.00106. The first-order valence-electron chi connectivity index (χ1n) is 7.86. The normalized spacial score (nSPS) is 10.2. The van der Waals surface area contributed by atoms with Crippen molar-refractivity contribution in [1.29, 1.82) is 0 Å². The SMILES string of the molecule is COc1ccc(NC(=O)c2cccc[n+]2[O-])cc1OCc1cccnc1. The predicted molar refractivity (Wildman–Crippen MR) is 94.9 cm³/mol. The van der Waals surface area contributed by atoms with E-state index in [4.69, 9.17) is 9.47 Å². The van der Waals surface area contributed by atoms with Gasteiger partial charge in [0.1, 0.15) is 6.61 Å².